The van der Waals surface area contributed by atoms with Crippen molar-refractivity contribution in [2.24, 2.45) is 11.7 Å². The SMILES string of the molecule is NC(=O)c1cc(NCC2CCCC2O)ccn1. The number of carbonyl (C=O) groups is 1. The van der Waals surface area contributed by atoms with Gasteiger partial charge in [0.25, 0.3) is 5.91 Å². The van der Waals surface area contributed by atoms with Gasteiger partial charge in [-0.3, -0.25) is 9.78 Å². The van der Waals surface area contributed by atoms with Crippen LogP contribution in [0.2, 0.25) is 0 Å². The summed E-state index contributed by atoms with van der Waals surface area (Å²) in [6.07, 6.45) is 4.35. The summed E-state index contributed by atoms with van der Waals surface area (Å²) in [5, 5.41) is 12.9. The summed E-state index contributed by atoms with van der Waals surface area (Å²) in [5.41, 5.74) is 6.22. The van der Waals surface area contributed by atoms with Crippen LogP contribution in [0.5, 0.6) is 0 Å². The highest BCUT2D eigenvalue weighted by atomic mass is 16.3. The fourth-order valence-corrected chi connectivity index (χ4v) is 2.18. The van der Waals surface area contributed by atoms with Crippen molar-refractivity contribution in [3.63, 3.8) is 0 Å². The van der Waals surface area contributed by atoms with Crippen LogP contribution in [-0.4, -0.2) is 28.6 Å². The Bertz CT molecular complexity index is 408. The van der Waals surface area contributed by atoms with E-state index in [1.165, 1.54) is 0 Å². The predicted molar refractivity (Wildman–Crippen MR) is 64.6 cm³/mol. The molecule has 0 radical (unpaired) electrons. The number of carbonyl (C=O) groups excluding carboxylic acids is 1. The first-order valence-corrected chi connectivity index (χ1v) is 5.84. The second kappa shape index (κ2) is 5.14. The predicted octanol–water partition coefficient (Wildman–Crippen LogP) is 0.753. The van der Waals surface area contributed by atoms with Crippen molar-refractivity contribution >= 4 is 11.6 Å². The van der Waals surface area contributed by atoms with Gasteiger partial charge in [-0.05, 0) is 25.0 Å². The van der Waals surface area contributed by atoms with Crippen molar-refractivity contribution in [1.82, 2.24) is 4.98 Å². The number of primary amides is 1. The van der Waals surface area contributed by atoms with Crippen molar-refractivity contribution in [2.45, 2.75) is 25.4 Å². The monoisotopic (exact) mass is 235 g/mol. The quantitative estimate of drug-likeness (QED) is 0.718. The molecule has 5 heteroatoms. The van der Waals surface area contributed by atoms with E-state index < -0.39 is 5.91 Å². The molecule has 1 aromatic rings. The topological polar surface area (TPSA) is 88.2 Å². The highest BCUT2D eigenvalue weighted by Crippen LogP contribution is 2.25. The number of nitrogens with two attached hydrogens (primary N) is 1. The summed E-state index contributed by atoms with van der Waals surface area (Å²) in [6, 6.07) is 3.41. The molecule has 0 aliphatic heterocycles. The van der Waals surface area contributed by atoms with Crippen LogP contribution in [0.1, 0.15) is 29.8 Å². The highest BCUT2D eigenvalue weighted by molar-refractivity contribution is 5.91. The number of nitrogens with one attached hydrogen (secondary N) is 1. The first-order valence-electron chi connectivity index (χ1n) is 5.84. The maximum absolute atomic E-state index is 11.0. The van der Waals surface area contributed by atoms with E-state index >= 15 is 0 Å². The zero-order chi connectivity index (χ0) is 12.3. The molecule has 1 aliphatic carbocycles. The molecule has 1 fully saturated rings. The van der Waals surface area contributed by atoms with Gasteiger partial charge < -0.3 is 16.2 Å². The van der Waals surface area contributed by atoms with Crippen LogP contribution < -0.4 is 11.1 Å². The molecule has 1 heterocycles. The molecule has 0 saturated heterocycles. The van der Waals surface area contributed by atoms with Crippen molar-refractivity contribution in [3.05, 3.63) is 24.0 Å². The average Bonchev–Trinajstić information content (AvgIpc) is 2.72. The number of nitrogens with zero attached hydrogens (tertiary/aromatic N) is 1. The molecule has 0 spiro atoms. The number of aliphatic hydroxyl groups excluding tert-OH is 1. The van der Waals surface area contributed by atoms with Crippen molar-refractivity contribution < 1.29 is 9.90 Å². The van der Waals surface area contributed by atoms with Gasteiger partial charge in [-0.25, -0.2) is 0 Å². The van der Waals surface area contributed by atoms with E-state index in [2.05, 4.69) is 10.3 Å². The Morgan fingerprint density at radius 2 is 2.41 bits per heavy atom. The summed E-state index contributed by atoms with van der Waals surface area (Å²) in [7, 11) is 0. The van der Waals surface area contributed by atoms with E-state index in [0.717, 1.165) is 24.9 Å². The molecule has 2 rings (SSSR count). The molecule has 17 heavy (non-hydrogen) atoms. The first kappa shape index (κ1) is 11.9. The van der Waals surface area contributed by atoms with E-state index in [-0.39, 0.29) is 11.8 Å². The maximum atomic E-state index is 11.0. The zero-order valence-electron chi connectivity index (χ0n) is 9.60. The van der Waals surface area contributed by atoms with Crippen LogP contribution in [0, 0.1) is 5.92 Å². The van der Waals surface area contributed by atoms with E-state index in [0.29, 0.717) is 12.5 Å². The molecule has 2 unspecified atom stereocenters. The Morgan fingerprint density at radius 1 is 1.59 bits per heavy atom. The fraction of sp³-hybridized carbons (Fsp3) is 0.500. The van der Waals surface area contributed by atoms with Crippen molar-refractivity contribution in [2.75, 3.05) is 11.9 Å². The van der Waals surface area contributed by atoms with E-state index in [1.54, 1.807) is 18.3 Å². The van der Waals surface area contributed by atoms with Gasteiger partial charge in [0.2, 0.25) is 0 Å². The van der Waals surface area contributed by atoms with Crippen LogP contribution >= 0.6 is 0 Å². The Labute approximate surface area is 100 Å². The second-order valence-corrected chi connectivity index (χ2v) is 4.43. The van der Waals surface area contributed by atoms with Crippen LogP contribution in [0.15, 0.2) is 18.3 Å². The molecule has 0 bridgehead atoms. The lowest BCUT2D eigenvalue weighted by atomic mass is 10.1. The fourth-order valence-electron chi connectivity index (χ4n) is 2.18. The lowest BCUT2D eigenvalue weighted by molar-refractivity contribution is 0.0995. The van der Waals surface area contributed by atoms with Gasteiger partial charge in [-0.2, -0.15) is 0 Å². The minimum Gasteiger partial charge on any atom is -0.393 e. The highest BCUT2D eigenvalue weighted by Gasteiger charge is 2.24. The molecule has 0 aromatic carbocycles. The average molecular weight is 235 g/mol. The number of aromatic nitrogens is 1. The number of hydrogen-bond donors (Lipinski definition) is 3. The number of aliphatic hydroxyl groups is 1. The Hall–Kier alpha value is -1.62. The lowest BCUT2D eigenvalue weighted by Crippen LogP contribution is -2.22. The lowest BCUT2D eigenvalue weighted by Gasteiger charge is -2.15. The molecule has 4 N–H and O–H groups in total. The van der Waals surface area contributed by atoms with Crippen molar-refractivity contribution in [1.29, 1.82) is 0 Å². The summed E-state index contributed by atoms with van der Waals surface area (Å²) in [4.78, 5) is 14.8. The van der Waals surface area contributed by atoms with Crippen LogP contribution in [-0.2, 0) is 0 Å². The smallest absolute Gasteiger partial charge is 0.267 e. The van der Waals surface area contributed by atoms with E-state index in [1.807, 2.05) is 0 Å². The van der Waals surface area contributed by atoms with E-state index in [4.69, 9.17) is 5.73 Å². The van der Waals surface area contributed by atoms with Gasteiger partial charge >= 0.3 is 0 Å². The minimum absolute atomic E-state index is 0.208. The molecule has 1 aromatic heterocycles. The van der Waals surface area contributed by atoms with Gasteiger partial charge in [-0.15, -0.1) is 0 Å². The van der Waals surface area contributed by atoms with E-state index in [9.17, 15) is 9.90 Å². The number of hydrogen-bond acceptors (Lipinski definition) is 4. The van der Waals surface area contributed by atoms with Gasteiger partial charge in [0.15, 0.2) is 0 Å². The number of anilines is 1. The molecule has 1 saturated carbocycles. The third-order valence-electron chi connectivity index (χ3n) is 3.20. The van der Waals surface area contributed by atoms with Gasteiger partial charge in [0.05, 0.1) is 6.10 Å². The van der Waals surface area contributed by atoms with Crippen LogP contribution in [0.3, 0.4) is 0 Å². The molecule has 5 nitrogen and oxygen atoms in total. The van der Waals surface area contributed by atoms with Gasteiger partial charge in [-0.1, -0.05) is 6.42 Å². The third-order valence-corrected chi connectivity index (χ3v) is 3.20. The number of amides is 1. The number of pyridine rings is 1. The summed E-state index contributed by atoms with van der Waals surface area (Å²) >= 11 is 0. The maximum Gasteiger partial charge on any atom is 0.267 e. The third kappa shape index (κ3) is 2.94. The largest absolute Gasteiger partial charge is 0.393 e. The van der Waals surface area contributed by atoms with Gasteiger partial charge in [0, 0.05) is 24.3 Å². The zero-order valence-corrected chi connectivity index (χ0v) is 9.60. The normalized spacial score (nSPS) is 23.6. The Morgan fingerprint density at radius 3 is 3.06 bits per heavy atom. The molecule has 1 amide bonds. The number of rotatable bonds is 4. The Kier molecular flexibility index (Phi) is 3.58. The van der Waals surface area contributed by atoms with Crippen LogP contribution in [0.4, 0.5) is 5.69 Å². The summed E-state index contributed by atoms with van der Waals surface area (Å²) < 4.78 is 0. The van der Waals surface area contributed by atoms with Crippen LogP contribution in [0.25, 0.3) is 0 Å². The van der Waals surface area contributed by atoms with Gasteiger partial charge in [0.1, 0.15) is 5.69 Å². The molecule has 1 aliphatic rings. The Balaban J connectivity index is 1.94. The molecule has 92 valence electrons. The first-order chi connectivity index (χ1) is 8.16. The second-order valence-electron chi connectivity index (χ2n) is 4.43. The molecular weight excluding hydrogens is 218 g/mol. The molecular formula is C12H17N3O2. The molecule has 2 atom stereocenters. The summed E-state index contributed by atoms with van der Waals surface area (Å²) in [6.45, 7) is 0.712. The standard InChI is InChI=1S/C12H17N3O2/c13-12(17)10-6-9(4-5-14-10)15-7-8-2-1-3-11(8)16/h4-6,8,11,16H,1-3,7H2,(H2,13,17)(H,14,15). The van der Waals surface area contributed by atoms with Crippen molar-refractivity contribution in [3.8, 4) is 0 Å². The minimum atomic E-state index is -0.533. The summed E-state index contributed by atoms with van der Waals surface area (Å²) in [5.74, 6) is -0.241.